The van der Waals surface area contributed by atoms with Gasteiger partial charge in [-0.15, -0.1) is 12.3 Å². The lowest BCUT2D eigenvalue weighted by atomic mass is 10.3. The van der Waals surface area contributed by atoms with E-state index in [2.05, 4.69) is 11.0 Å². The molecule has 0 amide bonds. The fourth-order valence-electron chi connectivity index (χ4n) is 1.02. The maximum atomic E-state index is 10.6. The lowest BCUT2D eigenvalue weighted by Gasteiger charge is -1.93. The molecular formula is C9H10N2O2. The third kappa shape index (κ3) is 2.09. The minimum atomic E-state index is -0.954. The van der Waals surface area contributed by atoms with Crippen molar-refractivity contribution in [2.45, 2.75) is 19.9 Å². The standard InChI is InChI=1S/C9H10N2O2/c1-3-4-5-11-6-8(9(12)13)7(2)10-11/h1,6H,4-5H2,2H3,(H,12,13). The van der Waals surface area contributed by atoms with E-state index in [0.29, 0.717) is 18.7 Å². The van der Waals surface area contributed by atoms with Crippen molar-refractivity contribution in [3.8, 4) is 12.3 Å². The zero-order valence-electron chi connectivity index (χ0n) is 7.32. The Balaban J connectivity index is 2.84. The molecular weight excluding hydrogens is 168 g/mol. The molecule has 1 N–H and O–H groups in total. The van der Waals surface area contributed by atoms with Crippen LogP contribution in [0.1, 0.15) is 22.5 Å². The largest absolute Gasteiger partial charge is 0.478 e. The molecule has 0 unspecified atom stereocenters. The summed E-state index contributed by atoms with van der Waals surface area (Å²) in [5.41, 5.74) is 0.751. The molecule has 1 aromatic rings. The summed E-state index contributed by atoms with van der Waals surface area (Å²) in [5.74, 6) is 1.51. The average Bonchev–Trinajstić information content (AvgIpc) is 2.43. The lowest BCUT2D eigenvalue weighted by Crippen LogP contribution is -1.97. The predicted octanol–water partition coefficient (Wildman–Crippen LogP) is 0.913. The van der Waals surface area contributed by atoms with Crippen molar-refractivity contribution in [1.82, 2.24) is 9.78 Å². The van der Waals surface area contributed by atoms with Crippen molar-refractivity contribution in [3.05, 3.63) is 17.5 Å². The molecule has 0 aliphatic heterocycles. The number of rotatable bonds is 3. The molecule has 1 rings (SSSR count). The Hall–Kier alpha value is -1.76. The third-order valence-corrected chi connectivity index (χ3v) is 1.66. The molecule has 0 radical (unpaired) electrons. The van der Waals surface area contributed by atoms with Gasteiger partial charge in [0.05, 0.1) is 12.2 Å². The summed E-state index contributed by atoms with van der Waals surface area (Å²) in [6, 6.07) is 0. The van der Waals surface area contributed by atoms with Gasteiger partial charge >= 0.3 is 5.97 Å². The molecule has 1 heterocycles. The molecule has 13 heavy (non-hydrogen) atoms. The van der Waals surface area contributed by atoms with Gasteiger partial charge in [-0.1, -0.05) is 0 Å². The molecule has 0 aromatic carbocycles. The maximum Gasteiger partial charge on any atom is 0.339 e. The van der Waals surface area contributed by atoms with Gasteiger partial charge in [0.2, 0.25) is 0 Å². The van der Waals surface area contributed by atoms with Gasteiger partial charge in [-0.3, -0.25) is 4.68 Å². The van der Waals surface area contributed by atoms with E-state index in [0.717, 1.165) is 0 Å². The van der Waals surface area contributed by atoms with Crippen LogP contribution in [0.3, 0.4) is 0 Å². The summed E-state index contributed by atoms with van der Waals surface area (Å²) in [7, 11) is 0. The molecule has 0 atom stereocenters. The number of carboxylic acids is 1. The molecule has 1 aromatic heterocycles. The Labute approximate surface area is 76.2 Å². The number of aromatic nitrogens is 2. The first-order chi connectivity index (χ1) is 6.15. The zero-order chi connectivity index (χ0) is 9.84. The number of aromatic carboxylic acids is 1. The van der Waals surface area contributed by atoms with Crippen molar-refractivity contribution in [3.63, 3.8) is 0 Å². The van der Waals surface area contributed by atoms with E-state index in [1.807, 2.05) is 0 Å². The van der Waals surface area contributed by atoms with Crippen molar-refractivity contribution < 1.29 is 9.90 Å². The monoisotopic (exact) mass is 178 g/mol. The summed E-state index contributed by atoms with van der Waals surface area (Å²) in [6.45, 7) is 2.22. The first kappa shape index (κ1) is 9.33. The van der Waals surface area contributed by atoms with Gasteiger partial charge in [-0.25, -0.2) is 4.79 Å². The number of hydrogen-bond donors (Lipinski definition) is 1. The number of aryl methyl sites for hydroxylation is 2. The second kappa shape index (κ2) is 3.76. The van der Waals surface area contributed by atoms with Crippen LogP contribution in [-0.4, -0.2) is 20.9 Å². The van der Waals surface area contributed by atoms with Crippen molar-refractivity contribution in [2.24, 2.45) is 0 Å². The highest BCUT2D eigenvalue weighted by atomic mass is 16.4. The molecule has 0 fully saturated rings. The molecule has 0 saturated carbocycles. The van der Waals surface area contributed by atoms with Gasteiger partial charge in [0, 0.05) is 12.6 Å². The summed E-state index contributed by atoms with van der Waals surface area (Å²) in [4.78, 5) is 10.6. The second-order valence-electron chi connectivity index (χ2n) is 2.65. The SMILES string of the molecule is C#CCCn1cc(C(=O)O)c(C)n1. The molecule has 0 saturated heterocycles. The Morgan fingerprint density at radius 3 is 3.00 bits per heavy atom. The Kier molecular flexibility index (Phi) is 2.70. The van der Waals surface area contributed by atoms with Crippen molar-refractivity contribution >= 4 is 5.97 Å². The average molecular weight is 178 g/mol. The van der Waals surface area contributed by atoms with E-state index in [4.69, 9.17) is 11.5 Å². The van der Waals surface area contributed by atoms with Gasteiger partial charge in [0.1, 0.15) is 5.56 Å². The molecule has 0 spiro atoms. The van der Waals surface area contributed by atoms with Crippen LogP contribution in [0.5, 0.6) is 0 Å². The highest BCUT2D eigenvalue weighted by molar-refractivity contribution is 5.88. The quantitative estimate of drug-likeness (QED) is 0.700. The van der Waals surface area contributed by atoms with Crippen LogP contribution in [0.4, 0.5) is 0 Å². The van der Waals surface area contributed by atoms with E-state index in [9.17, 15) is 4.79 Å². The van der Waals surface area contributed by atoms with Gasteiger partial charge in [-0.2, -0.15) is 5.10 Å². The Bertz CT molecular complexity index is 360. The van der Waals surface area contributed by atoms with Crippen LogP contribution in [-0.2, 0) is 6.54 Å². The minimum absolute atomic E-state index is 0.233. The fourth-order valence-corrected chi connectivity index (χ4v) is 1.02. The number of hydrogen-bond acceptors (Lipinski definition) is 2. The topological polar surface area (TPSA) is 55.1 Å². The highest BCUT2D eigenvalue weighted by Gasteiger charge is 2.10. The van der Waals surface area contributed by atoms with Gasteiger partial charge in [0.25, 0.3) is 0 Å². The lowest BCUT2D eigenvalue weighted by molar-refractivity contribution is 0.0696. The summed E-state index contributed by atoms with van der Waals surface area (Å²) < 4.78 is 1.55. The Morgan fingerprint density at radius 1 is 1.85 bits per heavy atom. The van der Waals surface area contributed by atoms with E-state index in [-0.39, 0.29) is 5.56 Å². The fraction of sp³-hybridized carbons (Fsp3) is 0.333. The van der Waals surface area contributed by atoms with Crippen LogP contribution >= 0.6 is 0 Å². The molecule has 0 aliphatic rings. The molecule has 68 valence electrons. The van der Waals surface area contributed by atoms with Gasteiger partial charge in [0.15, 0.2) is 0 Å². The van der Waals surface area contributed by atoms with Crippen LogP contribution in [0.15, 0.2) is 6.20 Å². The van der Waals surface area contributed by atoms with Crippen LogP contribution in [0.25, 0.3) is 0 Å². The second-order valence-corrected chi connectivity index (χ2v) is 2.65. The third-order valence-electron chi connectivity index (χ3n) is 1.66. The van der Waals surface area contributed by atoms with Crippen LogP contribution in [0.2, 0.25) is 0 Å². The number of carboxylic acid groups (broad SMARTS) is 1. The van der Waals surface area contributed by atoms with E-state index < -0.39 is 5.97 Å². The summed E-state index contributed by atoms with van der Waals surface area (Å²) >= 11 is 0. The first-order valence-corrected chi connectivity index (χ1v) is 3.86. The van der Waals surface area contributed by atoms with E-state index in [1.54, 1.807) is 11.6 Å². The normalized spacial score (nSPS) is 9.54. The van der Waals surface area contributed by atoms with Gasteiger partial charge in [-0.05, 0) is 6.92 Å². The molecule has 0 bridgehead atoms. The minimum Gasteiger partial charge on any atom is -0.478 e. The molecule has 4 nitrogen and oxygen atoms in total. The smallest absolute Gasteiger partial charge is 0.339 e. The predicted molar refractivity (Wildman–Crippen MR) is 47.4 cm³/mol. The maximum absolute atomic E-state index is 10.6. The van der Waals surface area contributed by atoms with Crippen molar-refractivity contribution in [1.29, 1.82) is 0 Å². The first-order valence-electron chi connectivity index (χ1n) is 3.86. The van der Waals surface area contributed by atoms with E-state index >= 15 is 0 Å². The number of nitrogens with zero attached hydrogens (tertiary/aromatic N) is 2. The highest BCUT2D eigenvalue weighted by Crippen LogP contribution is 2.05. The van der Waals surface area contributed by atoms with Gasteiger partial charge < -0.3 is 5.11 Å². The van der Waals surface area contributed by atoms with Crippen LogP contribution in [0, 0.1) is 19.3 Å². The zero-order valence-corrected chi connectivity index (χ0v) is 7.32. The van der Waals surface area contributed by atoms with E-state index in [1.165, 1.54) is 6.20 Å². The molecule has 4 heteroatoms. The van der Waals surface area contributed by atoms with Crippen molar-refractivity contribution in [2.75, 3.05) is 0 Å². The molecule has 0 aliphatic carbocycles. The number of carbonyl (C=O) groups is 1. The summed E-state index contributed by atoms with van der Waals surface area (Å²) in [6.07, 6.45) is 7.12. The summed E-state index contributed by atoms with van der Waals surface area (Å²) in [5, 5.41) is 12.7. The Morgan fingerprint density at radius 2 is 2.54 bits per heavy atom. The van der Waals surface area contributed by atoms with Crippen LogP contribution < -0.4 is 0 Å². The number of terminal acetylenes is 1.